The summed E-state index contributed by atoms with van der Waals surface area (Å²) in [7, 11) is 0. The molecule has 1 aliphatic rings. The summed E-state index contributed by atoms with van der Waals surface area (Å²) in [6, 6.07) is -1.27. The molecule has 7 N–H and O–H groups in total. The summed E-state index contributed by atoms with van der Waals surface area (Å²) in [6.07, 6.45) is -7.48. The van der Waals surface area contributed by atoms with E-state index in [-0.39, 0.29) is 0 Å². The zero-order valence-corrected chi connectivity index (χ0v) is 11.2. The number of ether oxygens (including phenoxy) is 1. The van der Waals surface area contributed by atoms with Gasteiger partial charge < -0.3 is 40.7 Å². The minimum absolute atomic E-state index is 0.598. The van der Waals surface area contributed by atoms with Crippen molar-refractivity contribution >= 4 is 11.9 Å². The summed E-state index contributed by atoms with van der Waals surface area (Å²) in [5, 5.41) is 59.0. The maximum absolute atomic E-state index is 11.1. The van der Waals surface area contributed by atoms with Crippen LogP contribution in [-0.4, -0.2) is 85.4 Å². The predicted octanol–water partition coefficient (Wildman–Crippen LogP) is -3.87. The SMILES string of the molecule is CC(=O)N[C@H]1[C@H]([C@H](O)[C@H](O)CO)O[13C](O)(C(=O)O)[13CH2][13C@@H]1O. The highest BCUT2D eigenvalue weighted by molar-refractivity contribution is 5.76. The van der Waals surface area contributed by atoms with Gasteiger partial charge >= 0.3 is 5.97 Å². The number of rotatable bonds is 5. The Labute approximate surface area is 119 Å². The molecule has 0 bridgehead atoms. The van der Waals surface area contributed by atoms with Gasteiger partial charge in [-0.1, -0.05) is 0 Å². The maximum Gasteiger partial charge on any atom is 0.364 e. The monoisotopic (exact) mass is 312 g/mol. The van der Waals surface area contributed by atoms with Crippen molar-refractivity contribution in [1.29, 1.82) is 0 Å². The Morgan fingerprint density at radius 2 is 2.00 bits per heavy atom. The van der Waals surface area contributed by atoms with E-state index in [1.165, 1.54) is 0 Å². The molecule has 0 aromatic carbocycles. The van der Waals surface area contributed by atoms with Crippen molar-refractivity contribution in [3.63, 3.8) is 0 Å². The molecule has 0 aliphatic carbocycles. The molecule has 1 heterocycles. The largest absolute Gasteiger partial charge is 0.477 e. The van der Waals surface area contributed by atoms with Gasteiger partial charge in [0.25, 0.3) is 5.79 Å². The van der Waals surface area contributed by atoms with Crippen LogP contribution >= 0.6 is 0 Å². The van der Waals surface area contributed by atoms with E-state index in [0.29, 0.717) is 0 Å². The van der Waals surface area contributed by atoms with Crippen molar-refractivity contribution in [1.82, 2.24) is 5.32 Å². The van der Waals surface area contributed by atoms with Gasteiger partial charge in [0.2, 0.25) is 5.91 Å². The van der Waals surface area contributed by atoms with Gasteiger partial charge in [-0.25, -0.2) is 4.79 Å². The Hall–Kier alpha value is -1.30. The Morgan fingerprint density at radius 3 is 2.43 bits per heavy atom. The van der Waals surface area contributed by atoms with Crippen LogP contribution in [-0.2, 0) is 14.3 Å². The molecule has 1 unspecified atom stereocenters. The van der Waals surface area contributed by atoms with E-state index in [1.807, 2.05) is 0 Å². The third kappa shape index (κ3) is 3.87. The highest BCUT2D eigenvalue weighted by Crippen LogP contribution is 2.30. The summed E-state index contributed by atoms with van der Waals surface area (Å²) in [4.78, 5) is 22.1. The molecule has 0 aromatic heterocycles. The number of nitrogens with one attached hydrogen (secondary N) is 1. The predicted molar refractivity (Wildman–Crippen MR) is 64.8 cm³/mol. The third-order valence-corrected chi connectivity index (χ3v) is 3.21. The molecule has 122 valence electrons. The van der Waals surface area contributed by atoms with Gasteiger partial charge in [0, 0.05) is 13.3 Å². The molecule has 0 radical (unpaired) electrons. The van der Waals surface area contributed by atoms with Crippen molar-refractivity contribution in [2.75, 3.05) is 6.61 Å². The number of carboxylic acid groups (broad SMARTS) is 1. The number of aliphatic carboxylic acids is 1. The molecule has 0 saturated carbocycles. The van der Waals surface area contributed by atoms with Crippen LogP contribution in [0.25, 0.3) is 0 Å². The molecule has 1 rings (SSSR count). The molecule has 1 saturated heterocycles. The van der Waals surface area contributed by atoms with Crippen LogP contribution in [0, 0.1) is 0 Å². The van der Waals surface area contributed by atoms with Gasteiger partial charge in [0.1, 0.15) is 18.3 Å². The molecule has 0 aromatic rings. The number of aliphatic hydroxyl groups excluding tert-OH is 4. The van der Waals surface area contributed by atoms with Crippen LogP contribution in [0.15, 0.2) is 0 Å². The molecular weight excluding hydrogens is 293 g/mol. The summed E-state index contributed by atoms with van der Waals surface area (Å²) in [6.45, 7) is 0.256. The molecular formula is C11H19NO9. The number of carbonyl (C=O) groups is 2. The van der Waals surface area contributed by atoms with Crippen LogP contribution in [0.1, 0.15) is 13.3 Å². The van der Waals surface area contributed by atoms with Crippen molar-refractivity contribution in [3.05, 3.63) is 0 Å². The minimum atomic E-state index is -2.78. The van der Waals surface area contributed by atoms with Crippen molar-refractivity contribution in [2.45, 2.75) is 49.6 Å². The summed E-state index contributed by atoms with van der Waals surface area (Å²) in [5.41, 5.74) is 0. The van der Waals surface area contributed by atoms with E-state index < -0.39 is 61.1 Å². The lowest BCUT2D eigenvalue weighted by atomic mass is 10.0. The molecule has 10 heteroatoms. The lowest BCUT2D eigenvalue weighted by molar-refractivity contribution is -0.295. The number of amides is 1. The highest BCUT2D eigenvalue weighted by atomic mass is 16.8. The fourth-order valence-electron chi connectivity index (χ4n) is 2.14. The lowest BCUT2D eigenvalue weighted by Crippen LogP contribution is -2.67. The van der Waals surface area contributed by atoms with Gasteiger partial charge in [-0.05, 0) is 0 Å². The quantitative estimate of drug-likeness (QED) is 0.250. The number of hydrogen-bond acceptors (Lipinski definition) is 8. The number of hydrogen-bond donors (Lipinski definition) is 7. The number of carboxylic acids is 1. The van der Waals surface area contributed by atoms with Crippen molar-refractivity contribution in [2.24, 2.45) is 0 Å². The first-order valence-electron chi connectivity index (χ1n) is 6.18. The molecule has 0 spiro atoms. The third-order valence-electron chi connectivity index (χ3n) is 3.21. The molecule has 1 fully saturated rings. The van der Waals surface area contributed by atoms with Gasteiger partial charge in [0.15, 0.2) is 0 Å². The first-order chi connectivity index (χ1) is 9.62. The Morgan fingerprint density at radius 1 is 1.43 bits per heavy atom. The van der Waals surface area contributed by atoms with E-state index >= 15 is 0 Å². The fourth-order valence-corrected chi connectivity index (χ4v) is 2.14. The molecule has 21 heavy (non-hydrogen) atoms. The van der Waals surface area contributed by atoms with E-state index in [0.717, 1.165) is 6.92 Å². The van der Waals surface area contributed by atoms with E-state index in [2.05, 4.69) is 5.32 Å². The second-order valence-corrected chi connectivity index (χ2v) is 4.91. The Balaban J connectivity index is 3.07. The first-order valence-corrected chi connectivity index (χ1v) is 6.18. The van der Waals surface area contributed by atoms with Gasteiger partial charge in [-0.3, -0.25) is 4.79 Å². The Bertz CT molecular complexity index is 403. The topological polar surface area (TPSA) is 177 Å². The van der Waals surface area contributed by atoms with Crippen LogP contribution in [0.4, 0.5) is 0 Å². The average molecular weight is 312 g/mol. The lowest BCUT2D eigenvalue weighted by Gasteiger charge is -2.44. The van der Waals surface area contributed by atoms with E-state index in [4.69, 9.17) is 14.9 Å². The zero-order valence-electron chi connectivity index (χ0n) is 11.2. The second-order valence-electron chi connectivity index (χ2n) is 4.91. The van der Waals surface area contributed by atoms with Crippen LogP contribution in [0.2, 0.25) is 0 Å². The van der Waals surface area contributed by atoms with Crippen LogP contribution < -0.4 is 5.32 Å². The summed E-state index contributed by atoms with van der Waals surface area (Å²) < 4.78 is 4.86. The smallest absolute Gasteiger partial charge is 0.364 e. The fraction of sp³-hybridized carbons (Fsp3) is 0.818. The van der Waals surface area contributed by atoms with Crippen molar-refractivity contribution in [3.8, 4) is 0 Å². The standard InChI is InChI=1S/C11H19NO9/c1-4(14)12-7-5(15)2-11(20,10(18)19)21-9(7)8(17)6(16)3-13/h5-9,13,15-17,20H,2-3H2,1H3,(H,12,14)(H,18,19)/t5-,6+,7+,8+,9+,11?/m0/s1/i2+1,5+1,11+1. The van der Waals surface area contributed by atoms with E-state index in [9.17, 15) is 30.0 Å². The zero-order chi connectivity index (χ0) is 16.4. The van der Waals surface area contributed by atoms with Crippen LogP contribution in [0.5, 0.6) is 0 Å². The van der Waals surface area contributed by atoms with Crippen LogP contribution in [0.3, 0.4) is 0 Å². The average Bonchev–Trinajstić information content (AvgIpc) is 2.39. The highest BCUT2D eigenvalue weighted by Gasteiger charge is 2.53. The molecule has 10 nitrogen and oxygen atoms in total. The Kier molecular flexibility index (Phi) is 5.61. The van der Waals surface area contributed by atoms with Crippen molar-refractivity contribution < 1.29 is 45.0 Å². The van der Waals surface area contributed by atoms with Gasteiger partial charge in [-0.15, -0.1) is 0 Å². The van der Waals surface area contributed by atoms with E-state index in [1.54, 1.807) is 0 Å². The molecule has 6 atom stereocenters. The van der Waals surface area contributed by atoms with Gasteiger partial charge in [-0.2, -0.15) is 0 Å². The van der Waals surface area contributed by atoms with Gasteiger partial charge in [0.05, 0.1) is 18.8 Å². The second kappa shape index (κ2) is 6.64. The number of carbonyl (C=O) groups excluding carboxylic acids is 1. The summed E-state index contributed by atoms with van der Waals surface area (Å²) >= 11 is 0. The maximum atomic E-state index is 11.1. The normalized spacial score (nSPS) is 35.8. The number of aliphatic hydroxyl groups is 5. The first kappa shape index (κ1) is 17.8. The summed E-state index contributed by atoms with van der Waals surface area (Å²) in [5.74, 6) is -5.17. The molecule has 1 aliphatic heterocycles. The minimum Gasteiger partial charge on any atom is -0.477 e. The molecule has 1 amide bonds.